The molecule has 0 spiro atoms. The number of hydrogen-bond acceptors (Lipinski definition) is 5. The van der Waals surface area contributed by atoms with E-state index in [9.17, 15) is 19.5 Å². The van der Waals surface area contributed by atoms with Crippen LogP contribution in [0.4, 0.5) is 0 Å². The van der Waals surface area contributed by atoms with Crippen molar-refractivity contribution in [1.29, 1.82) is 0 Å². The number of thiophene rings is 1. The maximum Gasteiger partial charge on any atom is 0.337 e. The molecule has 0 unspecified atom stereocenters. The van der Waals surface area contributed by atoms with Crippen LogP contribution < -0.4 is 11.2 Å². The van der Waals surface area contributed by atoms with Crippen molar-refractivity contribution in [3.05, 3.63) is 48.2 Å². The molecule has 0 saturated carbocycles. The SMILES string of the molecule is CCc1n[nH]c(CC)c1Cc1sc2c(c1C(=O)O)c(=O)n(C)c(=O)n2CC(C)C. The van der Waals surface area contributed by atoms with Gasteiger partial charge in [-0.2, -0.15) is 5.10 Å². The number of carboxylic acid groups (broad SMARTS) is 1. The molecule has 0 aliphatic heterocycles. The molecule has 0 atom stereocenters. The summed E-state index contributed by atoms with van der Waals surface area (Å²) in [5, 5.41) is 17.4. The molecule has 8 nitrogen and oxygen atoms in total. The molecule has 3 aromatic heterocycles. The van der Waals surface area contributed by atoms with Crippen LogP contribution in [0.25, 0.3) is 10.2 Å². The van der Waals surface area contributed by atoms with Gasteiger partial charge in [0.15, 0.2) is 0 Å². The van der Waals surface area contributed by atoms with Gasteiger partial charge >= 0.3 is 11.7 Å². The molecule has 0 radical (unpaired) electrons. The van der Waals surface area contributed by atoms with E-state index in [-0.39, 0.29) is 16.9 Å². The number of aryl methyl sites for hydroxylation is 2. The van der Waals surface area contributed by atoms with E-state index >= 15 is 0 Å². The number of aromatic carboxylic acids is 1. The summed E-state index contributed by atoms with van der Waals surface area (Å²) in [6.45, 7) is 8.37. The highest BCUT2D eigenvalue weighted by Crippen LogP contribution is 2.32. The highest BCUT2D eigenvalue weighted by atomic mass is 32.1. The van der Waals surface area contributed by atoms with Crippen LogP contribution >= 0.6 is 11.3 Å². The van der Waals surface area contributed by atoms with Crippen molar-refractivity contribution in [3.8, 4) is 0 Å². The van der Waals surface area contributed by atoms with Gasteiger partial charge < -0.3 is 5.11 Å². The average Bonchev–Trinajstić information content (AvgIpc) is 3.24. The number of hydrogen-bond donors (Lipinski definition) is 2. The normalized spacial score (nSPS) is 11.7. The van der Waals surface area contributed by atoms with Crippen molar-refractivity contribution in [2.45, 2.75) is 53.5 Å². The fourth-order valence-electron chi connectivity index (χ4n) is 3.65. The van der Waals surface area contributed by atoms with Crippen LogP contribution in [-0.4, -0.2) is 30.4 Å². The van der Waals surface area contributed by atoms with Gasteiger partial charge in [0.25, 0.3) is 5.56 Å². The summed E-state index contributed by atoms with van der Waals surface area (Å²) in [6, 6.07) is 0. The molecule has 0 saturated heterocycles. The Morgan fingerprint density at radius 1 is 1.24 bits per heavy atom. The van der Waals surface area contributed by atoms with Crippen molar-refractivity contribution in [2.75, 3.05) is 0 Å². The standard InChI is InChI=1S/C20H26N4O4S/c1-6-12-11(13(7-2)22-21-12)8-14-15(19(26)27)16-17(25)23(5)20(28)24(9-10(3)4)18(16)29-14/h10H,6-9H2,1-5H3,(H,21,22)(H,26,27). The zero-order chi connectivity index (χ0) is 21.5. The van der Waals surface area contributed by atoms with Crippen LogP contribution in [0, 0.1) is 5.92 Å². The molecule has 0 aliphatic rings. The quantitative estimate of drug-likeness (QED) is 0.613. The lowest BCUT2D eigenvalue weighted by atomic mass is 10.0. The molecule has 0 aliphatic carbocycles. The summed E-state index contributed by atoms with van der Waals surface area (Å²) in [7, 11) is 1.39. The molecule has 0 bridgehead atoms. The predicted molar refractivity (Wildman–Crippen MR) is 113 cm³/mol. The Labute approximate surface area is 171 Å². The highest BCUT2D eigenvalue weighted by molar-refractivity contribution is 7.19. The van der Waals surface area contributed by atoms with E-state index in [1.54, 1.807) is 0 Å². The smallest absolute Gasteiger partial charge is 0.337 e. The fraction of sp³-hybridized carbons (Fsp3) is 0.500. The number of nitrogens with zero attached hydrogens (tertiary/aromatic N) is 3. The lowest BCUT2D eigenvalue weighted by molar-refractivity contribution is 0.0698. The van der Waals surface area contributed by atoms with Crippen molar-refractivity contribution in [1.82, 2.24) is 19.3 Å². The minimum absolute atomic E-state index is 0.00610. The van der Waals surface area contributed by atoms with Crippen molar-refractivity contribution < 1.29 is 9.90 Å². The van der Waals surface area contributed by atoms with E-state index in [4.69, 9.17) is 0 Å². The monoisotopic (exact) mass is 418 g/mol. The van der Waals surface area contributed by atoms with Crippen molar-refractivity contribution in [2.24, 2.45) is 13.0 Å². The molecule has 9 heteroatoms. The molecule has 0 fully saturated rings. The highest BCUT2D eigenvalue weighted by Gasteiger charge is 2.26. The topological polar surface area (TPSA) is 110 Å². The third kappa shape index (κ3) is 3.55. The number of aromatic amines is 1. The Kier molecular flexibility index (Phi) is 5.79. The third-order valence-corrected chi connectivity index (χ3v) is 6.28. The first-order valence-electron chi connectivity index (χ1n) is 9.74. The number of carboxylic acids is 1. The zero-order valence-electron chi connectivity index (χ0n) is 17.3. The van der Waals surface area contributed by atoms with E-state index < -0.39 is 17.2 Å². The molecule has 0 amide bonds. The third-order valence-electron chi connectivity index (χ3n) is 5.07. The van der Waals surface area contributed by atoms with Crippen molar-refractivity contribution in [3.63, 3.8) is 0 Å². The maximum atomic E-state index is 12.8. The Balaban J connectivity index is 2.35. The van der Waals surface area contributed by atoms with E-state index in [1.165, 1.54) is 23.0 Å². The molecular formula is C20H26N4O4S. The second-order valence-corrected chi connectivity index (χ2v) is 8.63. The molecule has 2 N–H and O–H groups in total. The second kappa shape index (κ2) is 7.98. The van der Waals surface area contributed by atoms with Crippen molar-refractivity contribution >= 4 is 27.5 Å². The molecule has 0 aromatic carbocycles. The number of H-pyrrole nitrogens is 1. The van der Waals surface area contributed by atoms with Gasteiger partial charge in [0.05, 0.1) is 16.6 Å². The van der Waals surface area contributed by atoms with E-state index in [0.29, 0.717) is 22.7 Å². The van der Waals surface area contributed by atoms with Crippen LogP contribution in [0.1, 0.15) is 59.9 Å². The first-order chi connectivity index (χ1) is 13.7. The Morgan fingerprint density at radius 3 is 2.48 bits per heavy atom. The molecule has 3 rings (SSSR count). The number of aromatic nitrogens is 4. The second-order valence-electron chi connectivity index (χ2n) is 7.55. The van der Waals surface area contributed by atoms with Crippen LogP contribution in [0.15, 0.2) is 9.59 Å². The predicted octanol–water partition coefficient (Wildman–Crippen LogP) is 2.55. The number of rotatable bonds is 7. The van der Waals surface area contributed by atoms with Gasteiger partial charge in [-0.25, -0.2) is 9.59 Å². The molecular weight excluding hydrogens is 392 g/mol. The summed E-state index contributed by atoms with van der Waals surface area (Å²) in [5.74, 6) is -0.989. The van der Waals surface area contributed by atoms with Crippen LogP contribution in [-0.2, 0) is 32.9 Å². The van der Waals surface area contributed by atoms with Gasteiger partial charge in [-0.15, -0.1) is 11.3 Å². The lowest BCUT2D eigenvalue weighted by Gasteiger charge is -2.11. The zero-order valence-corrected chi connectivity index (χ0v) is 18.1. The summed E-state index contributed by atoms with van der Waals surface area (Å²) < 4.78 is 2.53. The maximum absolute atomic E-state index is 12.8. The van der Waals surface area contributed by atoms with Crippen LogP contribution in [0.5, 0.6) is 0 Å². The van der Waals surface area contributed by atoms with E-state index in [1.807, 2.05) is 27.7 Å². The molecule has 3 heterocycles. The summed E-state index contributed by atoms with van der Waals surface area (Å²) in [5.41, 5.74) is 1.83. The summed E-state index contributed by atoms with van der Waals surface area (Å²) >= 11 is 1.22. The lowest BCUT2D eigenvalue weighted by Crippen LogP contribution is -2.38. The first kappa shape index (κ1) is 21.0. The molecule has 29 heavy (non-hydrogen) atoms. The molecule has 156 valence electrons. The largest absolute Gasteiger partial charge is 0.478 e. The summed E-state index contributed by atoms with van der Waals surface area (Å²) in [6.07, 6.45) is 1.83. The molecule has 3 aromatic rings. The van der Waals surface area contributed by atoms with Gasteiger partial charge in [0.2, 0.25) is 0 Å². The van der Waals surface area contributed by atoms with Crippen LogP contribution in [0.3, 0.4) is 0 Å². The Bertz CT molecular complexity index is 1170. The van der Waals surface area contributed by atoms with Gasteiger partial charge in [-0.3, -0.25) is 19.0 Å². The number of fused-ring (bicyclic) bond motifs is 1. The van der Waals surface area contributed by atoms with Gasteiger partial charge in [-0.1, -0.05) is 27.7 Å². The van der Waals surface area contributed by atoms with E-state index in [0.717, 1.165) is 34.4 Å². The average molecular weight is 419 g/mol. The van der Waals surface area contributed by atoms with E-state index in [2.05, 4.69) is 10.2 Å². The number of carbonyl (C=O) groups is 1. The fourth-order valence-corrected chi connectivity index (χ4v) is 4.95. The minimum atomic E-state index is -1.15. The Morgan fingerprint density at radius 2 is 1.93 bits per heavy atom. The van der Waals surface area contributed by atoms with Crippen LogP contribution in [0.2, 0.25) is 0 Å². The summed E-state index contributed by atoms with van der Waals surface area (Å²) in [4.78, 5) is 38.7. The minimum Gasteiger partial charge on any atom is -0.478 e. The van der Waals surface area contributed by atoms with Gasteiger partial charge in [-0.05, 0) is 18.8 Å². The Hall–Kier alpha value is -2.68. The first-order valence-corrected chi connectivity index (χ1v) is 10.6. The van der Waals surface area contributed by atoms with Gasteiger partial charge in [0, 0.05) is 36.1 Å². The van der Waals surface area contributed by atoms with Gasteiger partial charge in [0.1, 0.15) is 4.83 Å². The number of nitrogens with one attached hydrogen (secondary N) is 1.